The van der Waals surface area contributed by atoms with E-state index in [9.17, 15) is 0 Å². The lowest BCUT2D eigenvalue weighted by Gasteiger charge is -2.28. The van der Waals surface area contributed by atoms with E-state index < -0.39 is 0 Å². The van der Waals surface area contributed by atoms with Gasteiger partial charge in [0, 0.05) is 48.1 Å². The normalized spacial score (nSPS) is 15.8. The van der Waals surface area contributed by atoms with Crippen molar-refractivity contribution in [2.75, 3.05) is 19.8 Å². The number of aromatic amines is 1. The SMILES string of the molecule is [C-]#[N+]CN1CCC(c2ccc3[nH]c(-c4cc(C)c5nccn5c4)c(C(C)C)c3c2)CC1. The van der Waals surface area contributed by atoms with Crippen molar-refractivity contribution in [2.45, 2.75) is 45.4 Å². The van der Waals surface area contributed by atoms with Crippen LogP contribution in [0.25, 0.3) is 32.7 Å². The van der Waals surface area contributed by atoms with E-state index in [-0.39, 0.29) is 0 Å². The van der Waals surface area contributed by atoms with Crippen LogP contribution in [0.4, 0.5) is 0 Å². The first-order valence-electron chi connectivity index (χ1n) is 11.2. The molecule has 4 heterocycles. The van der Waals surface area contributed by atoms with Gasteiger partial charge in [0.25, 0.3) is 6.67 Å². The molecule has 1 aliphatic rings. The van der Waals surface area contributed by atoms with Crippen LogP contribution in [0.5, 0.6) is 0 Å². The van der Waals surface area contributed by atoms with Crippen LogP contribution < -0.4 is 0 Å². The molecule has 4 aromatic rings. The third kappa shape index (κ3) is 3.51. The number of nitrogens with zero attached hydrogens (tertiary/aromatic N) is 4. The minimum absolute atomic E-state index is 0.415. The second-order valence-corrected chi connectivity index (χ2v) is 9.14. The monoisotopic (exact) mass is 411 g/mol. The van der Waals surface area contributed by atoms with Gasteiger partial charge in [0.05, 0.1) is 5.69 Å². The quantitative estimate of drug-likeness (QED) is 0.420. The smallest absolute Gasteiger partial charge is 0.270 e. The molecule has 1 N–H and O–H groups in total. The highest BCUT2D eigenvalue weighted by Crippen LogP contribution is 2.38. The van der Waals surface area contributed by atoms with Crippen molar-refractivity contribution in [1.29, 1.82) is 0 Å². The number of H-pyrrole nitrogens is 1. The highest BCUT2D eigenvalue weighted by atomic mass is 15.2. The van der Waals surface area contributed by atoms with E-state index in [1.54, 1.807) is 0 Å². The number of pyridine rings is 1. The Morgan fingerprint density at radius 2 is 2.03 bits per heavy atom. The molecule has 5 heteroatoms. The molecule has 0 radical (unpaired) electrons. The first kappa shape index (κ1) is 19.8. The summed E-state index contributed by atoms with van der Waals surface area (Å²) in [6.07, 6.45) is 8.32. The molecule has 0 aliphatic carbocycles. The summed E-state index contributed by atoms with van der Waals surface area (Å²) in [6, 6.07) is 9.22. The van der Waals surface area contributed by atoms with E-state index in [0.29, 0.717) is 18.5 Å². The van der Waals surface area contributed by atoms with Crippen LogP contribution in [0.15, 0.2) is 42.9 Å². The Kier molecular flexibility index (Phi) is 5.03. The molecule has 1 aliphatic heterocycles. The lowest BCUT2D eigenvalue weighted by Crippen LogP contribution is -2.32. The maximum Gasteiger partial charge on any atom is 0.270 e. The van der Waals surface area contributed by atoms with E-state index in [2.05, 4.69) is 75.3 Å². The maximum absolute atomic E-state index is 7.10. The zero-order valence-electron chi connectivity index (χ0n) is 18.5. The fraction of sp³-hybridized carbons (Fsp3) is 0.385. The molecule has 3 aromatic heterocycles. The van der Waals surface area contributed by atoms with E-state index in [1.165, 1.54) is 38.9 Å². The molecule has 0 unspecified atom stereocenters. The lowest BCUT2D eigenvalue weighted by molar-refractivity contribution is 0.232. The summed E-state index contributed by atoms with van der Waals surface area (Å²) < 4.78 is 2.11. The first-order chi connectivity index (χ1) is 15.0. The minimum atomic E-state index is 0.415. The molecule has 1 fully saturated rings. The molecule has 1 aromatic carbocycles. The van der Waals surface area contributed by atoms with Gasteiger partial charge in [-0.25, -0.2) is 16.5 Å². The van der Waals surface area contributed by atoms with Crippen LogP contribution in [-0.2, 0) is 0 Å². The fourth-order valence-electron chi connectivity index (χ4n) is 5.16. The summed E-state index contributed by atoms with van der Waals surface area (Å²) in [4.78, 5) is 14.0. The van der Waals surface area contributed by atoms with Crippen molar-refractivity contribution < 1.29 is 0 Å². The van der Waals surface area contributed by atoms with Gasteiger partial charge in [-0.15, -0.1) is 0 Å². The number of hydrogen-bond acceptors (Lipinski definition) is 2. The van der Waals surface area contributed by atoms with Crippen molar-refractivity contribution in [1.82, 2.24) is 19.3 Å². The molecular formula is C26H29N5. The Labute approximate surface area is 183 Å². The Balaban J connectivity index is 1.56. The number of hydrogen-bond donors (Lipinski definition) is 1. The standard InChI is InChI=1S/C26H29N5/c1-17(2)24-22-14-20(19-7-10-30(11-8-19)16-27-4)5-6-23(22)29-25(24)21-13-18(3)26-28-9-12-31(26)15-21/h5-6,9,12-15,17,19,29H,7-8,10-11,16H2,1-3H3. The Morgan fingerprint density at radius 3 is 2.77 bits per heavy atom. The van der Waals surface area contributed by atoms with Gasteiger partial charge in [-0.05, 0) is 66.5 Å². The van der Waals surface area contributed by atoms with Gasteiger partial charge in [-0.1, -0.05) is 19.9 Å². The topological polar surface area (TPSA) is 40.7 Å². The average molecular weight is 412 g/mol. The number of aromatic nitrogens is 3. The van der Waals surface area contributed by atoms with Gasteiger partial charge in [0.2, 0.25) is 0 Å². The Morgan fingerprint density at radius 1 is 1.23 bits per heavy atom. The van der Waals surface area contributed by atoms with E-state index in [4.69, 9.17) is 6.57 Å². The summed E-state index contributed by atoms with van der Waals surface area (Å²) in [6.45, 7) is 16.4. The molecule has 0 atom stereocenters. The molecule has 0 saturated carbocycles. The number of imidazole rings is 1. The van der Waals surface area contributed by atoms with Gasteiger partial charge < -0.3 is 9.38 Å². The molecule has 5 rings (SSSR count). The molecule has 158 valence electrons. The summed E-state index contributed by atoms with van der Waals surface area (Å²) in [5.74, 6) is 0.993. The number of likely N-dealkylation sites (tertiary alicyclic amines) is 1. The van der Waals surface area contributed by atoms with Crippen molar-refractivity contribution in [3.05, 3.63) is 71.0 Å². The van der Waals surface area contributed by atoms with Crippen molar-refractivity contribution in [3.8, 4) is 11.3 Å². The molecular weight excluding hydrogens is 382 g/mol. The van der Waals surface area contributed by atoms with Gasteiger partial charge in [0.1, 0.15) is 5.65 Å². The number of benzene rings is 1. The second kappa shape index (κ2) is 7.86. The molecule has 0 amide bonds. The van der Waals surface area contributed by atoms with Crippen LogP contribution in [0.3, 0.4) is 0 Å². The third-order valence-corrected chi connectivity index (χ3v) is 6.73. The van der Waals surface area contributed by atoms with Gasteiger partial charge in [-0.3, -0.25) is 4.85 Å². The Bertz CT molecular complexity index is 1280. The number of rotatable bonds is 4. The molecule has 5 nitrogen and oxygen atoms in total. The molecule has 0 spiro atoms. The van der Waals surface area contributed by atoms with Crippen molar-refractivity contribution in [3.63, 3.8) is 0 Å². The van der Waals surface area contributed by atoms with Gasteiger partial charge in [0.15, 0.2) is 0 Å². The molecule has 0 bridgehead atoms. The summed E-state index contributed by atoms with van der Waals surface area (Å²) in [5.41, 5.74) is 8.64. The van der Waals surface area contributed by atoms with Crippen LogP contribution in [0, 0.1) is 13.5 Å². The summed E-state index contributed by atoms with van der Waals surface area (Å²) >= 11 is 0. The zero-order valence-corrected chi connectivity index (χ0v) is 18.5. The highest BCUT2D eigenvalue weighted by Gasteiger charge is 2.23. The molecule has 1 saturated heterocycles. The van der Waals surface area contributed by atoms with Crippen molar-refractivity contribution >= 4 is 16.6 Å². The largest absolute Gasteiger partial charge is 0.354 e. The first-order valence-corrected chi connectivity index (χ1v) is 11.2. The second-order valence-electron chi connectivity index (χ2n) is 9.14. The fourth-order valence-corrected chi connectivity index (χ4v) is 5.16. The predicted molar refractivity (Wildman–Crippen MR) is 126 cm³/mol. The van der Waals surface area contributed by atoms with Crippen molar-refractivity contribution in [2.24, 2.45) is 0 Å². The van der Waals surface area contributed by atoms with E-state index in [0.717, 1.165) is 31.6 Å². The van der Waals surface area contributed by atoms with E-state index in [1.807, 2.05) is 12.4 Å². The minimum Gasteiger partial charge on any atom is -0.354 e. The van der Waals surface area contributed by atoms with Crippen LogP contribution in [0.1, 0.15) is 55.2 Å². The van der Waals surface area contributed by atoms with Crippen LogP contribution >= 0.6 is 0 Å². The highest BCUT2D eigenvalue weighted by molar-refractivity contribution is 5.92. The average Bonchev–Trinajstić information content (AvgIpc) is 3.39. The predicted octanol–water partition coefficient (Wildman–Crippen LogP) is 5.97. The summed E-state index contributed by atoms with van der Waals surface area (Å²) in [7, 11) is 0. The van der Waals surface area contributed by atoms with Crippen LogP contribution in [0.2, 0.25) is 0 Å². The number of nitrogens with one attached hydrogen (secondary N) is 1. The maximum atomic E-state index is 7.10. The number of fused-ring (bicyclic) bond motifs is 2. The third-order valence-electron chi connectivity index (χ3n) is 6.73. The Hall–Kier alpha value is -3.10. The summed E-state index contributed by atoms with van der Waals surface area (Å²) in [5, 5.41) is 1.34. The van der Waals surface area contributed by atoms with Crippen LogP contribution in [-0.4, -0.2) is 39.0 Å². The van der Waals surface area contributed by atoms with Gasteiger partial charge >= 0.3 is 0 Å². The molecule has 31 heavy (non-hydrogen) atoms. The lowest BCUT2D eigenvalue weighted by atomic mass is 9.87. The number of piperidine rings is 1. The van der Waals surface area contributed by atoms with Gasteiger partial charge in [-0.2, -0.15) is 0 Å². The number of aryl methyl sites for hydroxylation is 1. The zero-order chi connectivity index (χ0) is 21.5. The van der Waals surface area contributed by atoms with E-state index >= 15 is 0 Å².